The molecule has 0 amide bonds. The molecule has 0 fully saturated rings. The third-order valence-corrected chi connectivity index (χ3v) is 2.50. The zero-order valence-corrected chi connectivity index (χ0v) is 8.97. The van der Waals surface area contributed by atoms with Crippen molar-refractivity contribution in [2.24, 2.45) is 5.92 Å². The summed E-state index contributed by atoms with van der Waals surface area (Å²) in [6.45, 7) is 6.73. The molecule has 1 unspecified atom stereocenters. The average Bonchev–Trinajstić information content (AvgIpc) is 2.10. The van der Waals surface area contributed by atoms with Crippen molar-refractivity contribution in [3.8, 4) is 0 Å². The lowest BCUT2D eigenvalue weighted by Gasteiger charge is -2.06. The maximum Gasteiger partial charge on any atom is -0.0351 e. The number of hydrogen-bond donors (Lipinski definition) is 0. The van der Waals surface area contributed by atoms with Gasteiger partial charge in [0.2, 0.25) is 0 Å². The summed E-state index contributed by atoms with van der Waals surface area (Å²) in [7, 11) is 0. The molecule has 0 aliphatic carbocycles. The summed E-state index contributed by atoms with van der Waals surface area (Å²) in [5, 5.41) is 0. The van der Waals surface area contributed by atoms with Crippen LogP contribution in [-0.4, -0.2) is 0 Å². The SMILES string of the molecule is CC=CCCCCCC(C)CC. The summed E-state index contributed by atoms with van der Waals surface area (Å²) in [4.78, 5) is 0. The first-order valence-electron chi connectivity index (χ1n) is 5.42. The predicted octanol–water partition coefficient (Wildman–Crippen LogP) is 4.56. The van der Waals surface area contributed by atoms with Gasteiger partial charge in [0.05, 0.1) is 0 Å². The summed E-state index contributed by atoms with van der Waals surface area (Å²) in [6, 6.07) is 0. The van der Waals surface area contributed by atoms with Crippen LogP contribution in [0.2, 0.25) is 0 Å². The van der Waals surface area contributed by atoms with Gasteiger partial charge in [-0.3, -0.25) is 0 Å². The largest absolute Gasteiger partial charge is 0.0917 e. The summed E-state index contributed by atoms with van der Waals surface area (Å²) in [5.41, 5.74) is 0. The van der Waals surface area contributed by atoms with Crippen LogP contribution >= 0.6 is 0 Å². The fraction of sp³-hybridized carbons (Fsp3) is 0.833. The lowest BCUT2D eigenvalue weighted by molar-refractivity contribution is 0.479. The number of unbranched alkanes of at least 4 members (excludes halogenated alkanes) is 3. The van der Waals surface area contributed by atoms with Crippen LogP contribution in [0.1, 0.15) is 59.3 Å². The molecular formula is C12H24. The van der Waals surface area contributed by atoms with Gasteiger partial charge in [-0.15, -0.1) is 0 Å². The van der Waals surface area contributed by atoms with E-state index >= 15 is 0 Å². The molecule has 0 saturated heterocycles. The molecule has 0 spiro atoms. The Kier molecular flexibility index (Phi) is 8.64. The van der Waals surface area contributed by atoms with Gasteiger partial charge in [0.15, 0.2) is 0 Å². The van der Waals surface area contributed by atoms with Crippen LogP contribution in [-0.2, 0) is 0 Å². The van der Waals surface area contributed by atoms with Crippen molar-refractivity contribution in [1.29, 1.82) is 0 Å². The zero-order valence-electron chi connectivity index (χ0n) is 8.97. The van der Waals surface area contributed by atoms with Gasteiger partial charge in [-0.1, -0.05) is 51.7 Å². The van der Waals surface area contributed by atoms with Gasteiger partial charge in [0.1, 0.15) is 0 Å². The minimum Gasteiger partial charge on any atom is -0.0917 e. The second-order valence-electron chi connectivity index (χ2n) is 3.72. The van der Waals surface area contributed by atoms with E-state index in [0.717, 1.165) is 5.92 Å². The van der Waals surface area contributed by atoms with Crippen molar-refractivity contribution in [3.05, 3.63) is 12.2 Å². The van der Waals surface area contributed by atoms with Crippen LogP contribution in [0, 0.1) is 5.92 Å². The lowest BCUT2D eigenvalue weighted by Crippen LogP contribution is -1.91. The molecule has 0 aliphatic rings. The van der Waals surface area contributed by atoms with Gasteiger partial charge < -0.3 is 0 Å². The van der Waals surface area contributed by atoms with Gasteiger partial charge in [-0.05, 0) is 25.7 Å². The number of hydrogen-bond acceptors (Lipinski definition) is 0. The van der Waals surface area contributed by atoms with E-state index in [0.29, 0.717) is 0 Å². The van der Waals surface area contributed by atoms with E-state index in [1.807, 2.05) is 0 Å². The van der Waals surface area contributed by atoms with E-state index in [9.17, 15) is 0 Å². The minimum atomic E-state index is 0.937. The van der Waals surface area contributed by atoms with Crippen molar-refractivity contribution < 1.29 is 0 Å². The molecule has 1 atom stereocenters. The second-order valence-corrected chi connectivity index (χ2v) is 3.72. The molecule has 0 aromatic rings. The highest BCUT2D eigenvalue weighted by Crippen LogP contribution is 2.12. The Labute approximate surface area is 78.1 Å². The zero-order chi connectivity index (χ0) is 9.23. The fourth-order valence-corrected chi connectivity index (χ4v) is 1.30. The van der Waals surface area contributed by atoms with E-state index in [2.05, 4.69) is 32.9 Å². The smallest absolute Gasteiger partial charge is 0.0351 e. The predicted molar refractivity (Wildman–Crippen MR) is 57.4 cm³/mol. The molecule has 12 heavy (non-hydrogen) atoms. The molecule has 0 rings (SSSR count). The molecule has 0 nitrogen and oxygen atoms in total. The fourth-order valence-electron chi connectivity index (χ4n) is 1.30. The quantitative estimate of drug-likeness (QED) is 0.386. The van der Waals surface area contributed by atoms with Crippen molar-refractivity contribution in [2.75, 3.05) is 0 Å². The molecule has 0 aromatic heterocycles. The van der Waals surface area contributed by atoms with Crippen molar-refractivity contribution in [1.82, 2.24) is 0 Å². The van der Waals surface area contributed by atoms with E-state index in [-0.39, 0.29) is 0 Å². The number of rotatable bonds is 7. The molecule has 0 aromatic carbocycles. The average molecular weight is 168 g/mol. The molecule has 0 aliphatic heterocycles. The first-order valence-corrected chi connectivity index (χ1v) is 5.42. The molecule has 0 heterocycles. The van der Waals surface area contributed by atoms with Crippen LogP contribution < -0.4 is 0 Å². The molecule has 0 heteroatoms. The monoisotopic (exact) mass is 168 g/mol. The van der Waals surface area contributed by atoms with Crippen LogP contribution in [0.25, 0.3) is 0 Å². The highest BCUT2D eigenvalue weighted by Gasteiger charge is 1.96. The highest BCUT2D eigenvalue weighted by molar-refractivity contribution is 4.76. The standard InChI is InChI=1S/C12H24/c1-4-6-7-8-9-10-11-12(3)5-2/h4,6,12H,5,7-11H2,1-3H3. The van der Waals surface area contributed by atoms with Gasteiger partial charge in [-0.25, -0.2) is 0 Å². The van der Waals surface area contributed by atoms with E-state index in [1.165, 1.54) is 38.5 Å². The highest BCUT2D eigenvalue weighted by atomic mass is 14.0. The van der Waals surface area contributed by atoms with Crippen molar-refractivity contribution >= 4 is 0 Å². The van der Waals surface area contributed by atoms with Gasteiger partial charge in [0, 0.05) is 0 Å². The Bertz CT molecular complexity index is 103. The normalized spacial score (nSPS) is 13.9. The molecule has 0 bridgehead atoms. The number of allylic oxidation sites excluding steroid dienone is 2. The van der Waals surface area contributed by atoms with Gasteiger partial charge >= 0.3 is 0 Å². The van der Waals surface area contributed by atoms with Crippen LogP contribution in [0.5, 0.6) is 0 Å². The summed E-state index contributed by atoms with van der Waals surface area (Å²) in [5.74, 6) is 0.937. The third-order valence-electron chi connectivity index (χ3n) is 2.50. The van der Waals surface area contributed by atoms with Gasteiger partial charge in [0.25, 0.3) is 0 Å². The Morgan fingerprint density at radius 3 is 2.50 bits per heavy atom. The second kappa shape index (κ2) is 8.83. The Morgan fingerprint density at radius 2 is 1.92 bits per heavy atom. The van der Waals surface area contributed by atoms with E-state index < -0.39 is 0 Å². The van der Waals surface area contributed by atoms with Crippen molar-refractivity contribution in [3.63, 3.8) is 0 Å². The topological polar surface area (TPSA) is 0 Å². The van der Waals surface area contributed by atoms with E-state index in [4.69, 9.17) is 0 Å². The minimum absolute atomic E-state index is 0.937. The molecule has 0 N–H and O–H groups in total. The Balaban J connectivity index is 3.00. The maximum atomic E-state index is 2.35. The Morgan fingerprint density at radius 1 is 1.17 bits per heavy atom. The lowest BCUT2D eigenvalue weighted by atomic mass is 10.0. The molecule has 72 valence electrons. The first kappa shape index (κ1) is 11.7. The van der Waals surface area contributed by atoms with Crippen LogP contribution in [0.15, 0.2) is 12.2 Å². The molecule has 0 radical (unpaired) electrons. The maximum absolute atomic E-state index is 2.35. The van der Waals surface area contributed by atoms with Gasteiger partial charge in [-0.2, -0.15) is 0 Å². The molecular weight excluding hydrogens is 144 g/mol. The van der Waals surface area contributed by atoms with Crippen LogP contribution in [0.4, 0.5) is 0 Å². The summed E-state index contributed by atoms with van der Waals surface area (Å²) >= 11 is 0. The van der Waals surface area contributed by atoms with Crippen molar-refractivity contribution in [2.45, 2.75) is 59.3 Å². The van der Waals surface area contributed by atoms with Crippen LogP contribution in [0.3, 0.4) is 0 Å². The third kappa shape index (κ3) is 7.84. The summed E-state index contributed by atoms with van der Waals surface area (Å²) in [6.07, 6.45) is 12.7. The Hall–Kier alpha value is -0.260. The van der Waals surface area contributed by atoms with E-state index in [1.54, 1.807) is 0 Å². The summed E-state index contributed by atoms with van der Waals surface area (Å²) < 4.78 is 0. The first-order chi connectivity index (χ1) is 5.81. The molecule has 0 saturated carbocycles.